The number of carbonyl (C=O) groups is 1. The zero-order chi connectivity index (χ0) is 27.6. The number of fused-ring (bicyclic) bond motifs is 1. The van der Waals surface area contributed by atoms with Crippen LogP contribution in [0.5, 0.6) is 0 Å². The monoisotopic (exact) mass is 532 g/mol. The number of amides is 1. The van der Waals surface area contributed by atoms with Gasteiger partial charge in [-0.25, -0.2) is 4.98 Å². The zero-order valence-electron chi connectivity index (χ0n) is 22.0. The summed E-state index contributed by atoms with van der Waals surface area (Å²) in [5, 5.41) is 14.7. The molecule has 2 heterocycles. The highest BCUT2D eigenvalue weighted by Gasteiger charge is 2.25. The zero-order valence-corrected chi connectivity index (χ0v) is 22.0. The Morgan fingerprint density at radius 1 is 0.925 bits per heavy atom. The first-order chi connectivity index (χ1) is 19.4. The molecular formula is C32H28N4O4. The Balaban J connectivity index is 1.20. The topological polar surface area (TPSA) is 102 Å². The lowest BCUT2D eigenvalue weighted by molar-refractivity contribution is -0.384. The number of nitrogens with one attached hydrogen (secondary N) is 1. The summed E-state index contributed by atoms with van der Waals surface area (Å²) in [6.07, 6.45) is 1.98. The number of hydrogen-bond donors (Lipinski definition) is 1. The minimum Gasteiger partial charge on any atom is -0.436 e. The maximum Gasteiger partial charge on any atom is 0.293 e. The number of anilines is 2. The van der Waals surface area contributed by atoms with E-state index in [1.165, 1.54) is 6.07 Å². The number of rotatable bonds is 6. The fourth-order valence-corrected chi connectivity index (χ4v) is 5.10. The van der Waals surface area contributed by atoms with E-state index in [-0.39, 0.29) is 11.3 Å². The molecule has 1 aliphatic heterocycles. The molecule has 0 radical (unpaired) electrons. The summed E-state index contributed by atoms with van der Waals surface area (Å²) in [6.45, 7) is 3.73. The van der Waals surface area contributed by atoms with Crippen molar-refractivity contribution in [2.45, 2.75) is 19.8 Å². The molecule has 1 fully saturated rings. The smallest absolute Gasteiger partial charge is 0.293 e. The molecule has 5 aromatic rings. The van der Waals surface area contributed by atoms with Gasteiger partial charge in [-0.2, -0.15) is 0 Å². The SMILES string of the molecule is CC1CCN(c2ccc(C(=O)Nc3ccc4oc(-c5ccc(-c6ccccc6)cc5)nc4c3)cc2[N+](=O)[O-])CC1. The second kappa shape index (κ2) is 10.6. The third kappa shape index (κ3) is 5.16. The number of oxazole rings is 1. The fraction of sp³-hybridized carbons (Fsp3) is 0.188. The highest BCUT2D eigenvalue weighted by atomic mass is 16.6. The Bertz CT molecular complexity index is 1690. The van der Waals surface area contributed by atoms with Gasteiger partial charge in [0.05, 0.1) is 4.92 Å². The van der Waals surface area contributed by atoms with Crippen molar-refractivity contribution in [2.75, 3.05) is 23.3 Å². The Labute approximate surface area is 231 Å². The second-order valence-corrected chi connectivity index (χ2v) is 10.2. The van der Waals surface area contributed by atoms with Crippen molar-refractivity contribution in [3.8, 4) is 22.6 Å². The Kier molecular flexibility index (Phi) is 6.74. The highest BCUT2D eigenvalue weighted by Crippen LogP contribution is 2.33. The molecule has 6 rings (SSSR count). The van der Waals surface area contributed by atoms with Crippen LogP contribution in [0.4, 0.5) is 17.1 Å². The summed E-state index contributed by atoms with van der Waals surface area (Å²) < 4.78 is 5.96. The van der Waals surface area contributed by atoms with Gasteiger partial charge in [-0.15, -0.1) is 0 Å². The van der Waals surface area contributed by atoms with E-state index >= 15 is 0 Å². The molecule has 0 bridgehead atoms. The number of hydrogen-bond acceptors (Lipinski definition) is 6. The van der Waals surface area contributed by atoms with E-state index in [9.17, 15) is 14.9 Å². The van der Waals surface area contributed by atoms with Crippen LogP contribution in [0.1, 0.15) is 30.1 Å². The van der Waals surface area contributed by atoms with E-state index in [2.05, 4.69) is 29.4 Å². The van der Waals surface area contributed by atoms with Crippen LogP contribution >= 0.6 is 0 Å². The fourth-order valence-electron chi connectivity index (χ4n) is 5.10. The first-order valence-corrected chi connectivity index (χ1v) is 13.4. The van der Waals surface area contributed by atoms with Gasteiger partial charge in [-0.1, -0.05) is 49.4 Å². The number of carbonyl (C=O) groups excluding carboxylic acids is 1. The van der Waals surface area contributed by atoms with Gasteiger partial charge in [0.1, 0.15) is 11.2 Å². The third-order valence-corrected chi connectivity index (χ3v) is 7.44. The van der Waals surface area contributed by atoms with Crippen molar-refractivity contribution < 1.29 is 14.1 Å². The van der Waals surface area contributed by atoms with Gasteiger partial charge < -0.3 is 14.6 Å². The number of aromatic nitrogens is 1. The molecule has 1 saturated heterocycles. The van der Waals surface area contributed by atoms with E-state index in [1.54, 1.807) is 30.3 Å². The van der Waals surface area contributed by atoms with Crippen LogP contribution in [-0.4, -0.2) is 28.9 Å². The Hall–Kier alpha value is -4.98. The van der Waals surface area contributed by atoms with Gasteiger partial charge in [0.15, 0.2) is 5.58 Å². The molecule has 40 heavy (non-hydrogen) atoms. The molecular weight excluding hydrogens is 504 g/mol. The molecule has 200 valence electrons. The normalized spacial score (nSPS) is 13.9. The van der Waals surface area contributed by atoms with Crippen molar-refractivity contribution in [1.82, 2.24) is 4.98 Å². The van der Waals surface area contributed by atoms with Crippen molar-refractivity contribution >= 4 is 34.1 Å². The van der Waals surface area contributed by atoms with Crippen LogP contribution in [-0.2, 0) is 0 Å². The summed E-state index contributed by atoms with van der Waals surface area (Å²) in [7, 11) is 0. The Morgan fingerprint density at radius 2 is 1.62 bits per heavy atom. The number of nitro benzene ring substituents is 1. The summed E-state index contributed by atoms with van der Waals surface area (Å²) in [5.41, 5.74) is 5.51. The van der Waals surface area contributed by atoms with E-state index in [0.29, 0.717) is 34.3 Å². The quantitative estimate of drug-likeness (QED) is 0.179. The summed E-state index contributed by atoms with van der Waals surface area (Å²) in [5.74, 6) is 0.663. The van der Waals surface area contributed by atoms with E-state index in [0.717, 1.165) is 42.6 Å². The van der Waals surface area contributed by atoms with Crippen molar-refractivity contribution in [3.63, 3.8) is 0 Å². The minimum atomic E-state index is -0.429. The van der Waals surface area contributed by atoms with Crippen LogP contribution in [0, 0.1) is 16.0 Å². The first kappa shape index (κ1) is 25.3. The molecule has 4 aromatic carbocycles. The number of nitro groups is 1. The van der Waals surface area contributed by atoms with E-state index in [1.807, 2.05) is 47.4 Å². The minimum absolute atomic E-state index is 0.0583. The lowest BCUT2D eigenvalue weighted by Crippen LogP contribution is -2.33. The molecule has 1 amide bonds. The van der Waals surface area contributed by atoms with Gasteiger partial charge in [0, 0.05) is 36.0 Å². The molecule has 0 atom stereocenters. The van der Waals surface area contributed by atoms with Gasteiger partial charge >= 0.3 is 0 Å². The van der Waals surface area contributed by atoms with Gasteiger partial charge in [0.25, 0.3) is 11.6 Å². The summed E-state index contributed by atoms with van der Waals surface area (Å²) in [6, 6.07) is 28.0. The van der Waals surface area contributed by atoms with Crippen molar-refractivity contribution in [3.05, 3.63) is 107 Å². The molecule has 8 nitrogen and oxygen atoms in total. The van der Waals surface area contributed by atoms with Crippen molar-refractivity contribution in [1.29, 1.82) is 0 Å². The van der Waals surface area contributed by atoms with E-state index in [4.69, 9.17) is 4.42 Å². The first-order valence-electron chi connectivity index (χ1n) is 13.4. The van der Waals surface area contributed by atoms with Gasteiger partial charge in [-0.05, 0) is 72.4 Å². The van der Waals surface area contributed by atoms with Crippen LogP contribution in [0.3, 0.4) is 0 Å². The molecule has 0 spiro atoms. The number of piperidine rings is 1. The maximum atomic E-state index is 13.0. The largest absolute Gasteiger partial charge is 0.436 e. The van der Waals surface area contributed by atoms with Gasteiger partial charge in [-0.3, -0.25) is 14.9 Å². The summed E-state index contributed by atoms with van der Waals surface area (Å²) in [4.78, 5) is 31.1. The van der Waals surface area contributed by atoms with Crippen LogP contribution in [0.2, 0.25) is 0 Å². The average Bonchev–Trinajstić information content (AvgIpc) is 3.41. The molecule has 1 aliphatic rings. The predicted octanol–water partition coefficient (Wildman–Crippen LogP) is 7.56. The van der Waals surface area contributed by atoms with E-state index < -0.39 is 10.8 Å². The second-order valence-electron chi connectivity index (χ2n) is 10.2. The molecule has 0 aliphatic carbocycles. The Morgan fingerprint density at radius 3 is 2.35 bits per heavy atom. The molecule has 1 aromatic heterocycles. The molecule has 8 heteroatoms. The lowest BCUT2D eigenvalue weighted by Gasteiger charge is -2.31. The van der Waals surface area contributed by atoms with Gasteiger partial charge in [0.2, 0.25) is 5.89 Å². The summed E-state index contributed by atoms with van der Waals surface area (Å²) >= 11 is 0. The van der Waals surface area contributed by atoms with Crippen LogP contribution < -0.4 is 10.2 Å². The number of benzene rings is 4. The lowest BCUT2D eigenvalue weighted by atomic mass is 9.98. The average molecular weight is 533 g/mol. The molecule has 1 N–H and O–H groups in total. The standard InChI is InChI=1S/C32H28N4O4/c1-21-15-17-35(18-16-21)28-13-11-25(19-29(28)36(38)39)31(37)33-26-12-14-30-27(20-26)34-32(40-30)24-9-7-23(8-10-24)22-5-3-2-4-6-22/h2-14,19-21H,15-18H2,1H3,(H,33,37). The maximum absolute atomic E-state index is 13.0. The molecule has 0 saturated carbocycles. The van der Waals surface area contributed by atoms with Crippen molar-refractivity contribution in [2.24, 2.45) is 5.92 Å². The highest BCUT2D eigenvalue weighted by molar-refractivity contribution is 6.05. The predicted molar refractivity (Wildman–Crippen MR) is 157 cm³/mol. The van der Waals surface area contributed by atoms with Crippen LogP contribution in [0.15, 0.2) is 95.4 Å². The van der Waals surface area contributed by atoms with Crippen LogP contribution in [0.25, 0.3) is 33.7 Å². The molecule has 0 unspecified atom stereocenters. The third-order valence-electron chi connectivity index (χ3n) is 7.44. The number of nitrogens with zero attached hydrogens (tertiary/aromatic N) is 3.